The number of aromatic hydroxyl groups is 1. The maximum absolute atomic E-state index is 9.36. The molecule has 1 fully saturated rings. The van der Waals surface area contributed by atoms with Crippen LogP contribution in [0.3, 0.4) is 0 Å². The fourth-order valence-electron chi connectivity index (χ4n) is 2.35. The second-order valence-electron chi connectivity index (χ2n) is 3.76. The van der Waals surface area contributed by atoms with Crippen molar-refractivity contribution in [1.29, 1.82) is 0 Å². The van der Waals surface area contributed by atoms with Crippen molar-refractivity contribution in [1.82, 2.24) is 0 Å². The van der Waals surface area contributed by atoms with E-state index >= 15 is 0 Å². The summed E-state index contributed by atoms with van der Waals surface area (Å²) in [6, 6.07) is 5.90. The molecule has 1 aliphatic carbocycles. The van der Waals surface area contributed by atoms with Gasteiger partial charge in [0.25, 0.3) is 0 Å². The summed E-state index contributed by atoms with van der Waals surface area (Å²) in [6.07, 6.45) is 3.59. The smallest absolute Gasteiger partial charge is 0.116 e. The summed E-state index contributed by atoms with van der Waals surface area (Å²) < 4.78 is 0. The summed E-state index contributed by atoms with van der Waals surface area (Å²) in [5.41, 5.74) is 1.44. The molecule has 13 heavy (non-hydrogen) atoms. The SMILES string of the molecule is Oc1ccc2c(c1)=C1CCCC1N=2. The standard InChI is InChI=1S/C11H11NO/c13-7-4-5-11-9(6-7)8-2-1-3-10(8)12-11/h4-6,10,13H,1-3H2. The Labute approximate surface area is 76.2 Å². The van der Waals surface area contributed by atoms with Crippen molar-refractivity contribution >= 4 is 5.57 Å². The van der Waals surface area contributed by atoms with Crippen molar-refractivity contribution in [3.05, 3.63) is 28.8 Å². The normalized spacial score (nSPS) is 24.0. The molecule has 0 radical (unpaired) electrons. The zero-order chi connectivity index (χ0) is 8.84. The second kappa shape index (κ2) is 2.34. The van der Waals surface area contributed by atoms with Crippen LogP contribution in [0.1, 0.15) is 19.3 Å². The van der Waals surface area contributed by atoms with E-state index in [0.29, 0.717) is 11.8 Å². The quantitative estimate of drug-likeness (QED) is 0.616. The Hall–Kier alpha value is -1.31. The molecule has 1 aromatic carbocycles. The lowest BCUT2D eigenvalue weighted by Crippen LogP contribution is -2.21. The van der Waals surface area contributed by atoms with Gasteiger partial charge in [-0.15, -0.1) is 0 Å². The third kappa shape index (κ3) is 0.916. The van der Waals surface area contributed by atoms with Crippen molar-refractivity contribution < 1.29 is 5.11 Å². The molecule has 1 N–H and O–H groups in total. The molecule has 1 unspecified atom stereocenters. The van der Waals surface area contributed by atoms with E-state index in [4.69, 9.17) is 0 Å². The molecular weight excluding hydrogens is 162 g/mol. The van der Waals surface area contributed by atoms with Gasteiger partial charge < -0.3 is 5.11 Å². The minimum absolute atomic E-state index is 0.356. The topological polar surface area (TPSA) is 32.6 Å². The Morgan fingerprint density at radius 2 is 2.31 bits per heavy atom. The maximum atomic E-state index is 9.36. The lowest BCUT2D eigenvalue weighted by Gasteiger charge is -1.97. The summed E-state index contributed by atoms with van der Waals surface area (Å²) in [7, 11) is 0. The van der Waals surface area contributed by atoms with E-state index in [9.17, 15) is 5.11 Å². The number of rotatable bonds is 0. The van der Waals surface area contributed by atoms with Gasteiger partial charge in [-0.2, -0.15) is 0 Å². The van der Waals surface area contributed by atoms with E-state index in [2.05, 4.69) is 4.99 Å². The molecular formula is C11H11NO. The first-order valence-corrected chi connectivity index (χ1v) is 4.74. The minimum atomic E-state index is 0.356. The Morgan fingerprint density at radius 3 is 3.23 bits per heavy atom. The van der Waals surface area contributed by atoms with Gasteiger partial charge in [-0.25, -0.2) is 0 Å². The zero-order valence-corrected chi connectivity index (χ0v) is 7.33. The molecule has 1 aliphatic heterocycles. The monoisotopic (exact) mass is 173 g/mol. The van der Waals surface area contributed by atoms with Gasteiger partial charge in [0.15, 0.2) is 0 Å². The number of phenols is 1. The van der Waals surface area contributed by atoms with Crippen LogP contribution in [-0.4, -0.2) is 11.1 Å². The third-order valence-electron chi connectivity index (χ3n) is 2.95. The van der Waals surface area contributed by atoms with Gasteiger partial charge in [-0.05, 0) is 43.0 Å². The Balaban J connectivity index is 2.39. The Morgan fingerprint density at radius 1 is 1.38 bits per heavy atom. The van der Waals surface area contributed by atoms with Gasteiger partial charge in [0.05, 0.1) is 11.4 Å². The number of hydrogen-bond donors (Lipinski definition) is 1. The summed E-state index contributed by atoms with van der Waals surface area (Å²) in [4.78, 5) is 4.61. The summed E-state index contributed by atoms with van der Waals surface area (Å²) in [5.74, 6) is 0.356. The van der Waals surface area contributed by atoms with Crippen molar-refractivity contribution in [2.75, 3.05) is 0 Å². The zero-order valence-electron chi connectivity index (χ0n) is 7.33. The molecule has 0 saturated heterocycles. The van der Waals surface area contributed by atoms with Crippen LogP contribution in [0.5, 0.6) is 5.75 Å². The van der Waals surface area contributed by atoms with Gasteiger partial charge in [0.1, 0.15) is 5.75 Å². The van der Waals surface area contributed by atoms with Crippen LogP contribution < -0.4 is 10.6 Å². The van der Waals surface area contributed by atoms with Gasteiger partial charge in [0, 0.05) is 5.22 Å². The van der Waals surface area contributed by atoms with Crippen LogP contribution in [0.2, 0.25) is 0 Å². The number of hydrogen-bond acceptors (Lipinski definition) is 2. The fourth-order valence-corrected chi connectivity index (χ4v) is 2.35. The van der Waals surface area contributed by atoms with E-state index in [-0.39, 0.29) is 0 Å². The molecule has 66 valence electrons. The molecule has 1 saturated carbocycles. The fraction of sp³-hybridized carbons (Fsp3) is 0.364. The van der Waals surface area contributed by atoms with Crippen molar-refractivity contribution in [3.63, 3.8) is 0 Å². The van der Waals surface area contributed by atoms with Crippen LogP contribution in [0.15, 0.2) is 23.2 Å². The molecule has 0 aromatic heterocycles. The Kier molecular flexibility index (Phi) is 1.29. The lowest BCUT2D eigenvalue weighted by atomic mass is 10.1. The lowest BCUT2D eigenvalue weighted by molar-refractivity contribution is 0.474. The van der Waals surface area contributed by atoms with Crippen LogP contribution in [-0.2, 0) is 0 Å². The van der Waals surface area contributed by atoms with E-state index in [1.807, 2.05) is 12.1 Å². The molecule has 3 rings (SSSR count). The molecule has 1 atom stereocenters. The summed E-state index contributed by atoms with van der Waals surface area (Å²) in [5, 5.41) is 11.6. The summed E-state index contributed by atoms with van der Waals surface area (Å²) >= 11 is 0. The van der Waals surface area contributed by atoms with Gasteiger partial charge >= 0.3 is 0 Å². The maximum Gasteiger partial charge on any atom is 0.116 e. The van der Waals surface area contributed by atoms with Gasteiger partial charge in [-0.3, -0.25) is 4.99 Å². The highest BCUT2D eigenvalue weighted by Crippen LogP contribution is 2.28. The molecule has 2 aliphatic rings. The number of nitrogens with zero attached hydrogens (tertiary/aromatic N) is 1. The third-order valence-corrected chi connectivity index (χ3v) is 2.95. The predicted octanol–water partition coefficient (Wildman–Crippen LogP) is 0.729. The van der Waals surface area contributed by atoms with Crippen LogP contribution in [0, 0.1) is 0 Å². The van der Waals surface area contributed by atoms with E-state index in [1.54, 1.807) is 6.07 Å². The first-order valence-electron chi connectivity index (χ1n) is 4.74. The molecule has 1 aromatic rings. The average Bonchev–Trinajstić information content (AvgIpc) is 2.64. The van der Waals surface area contributed by atoms with Crippen LogP contribution in [0.4, 0.5) is 0 Å². The molecule has 2 nitrogen and oxygen atoms in total. The van der Waals surface area contributed by atoms with Crippen molar-refractivity contribution in [2.45, 2.75) is 25.3 Å². The second-order valence-corrected chi connectivity index (χ2v) is 3.76. The van der Waals surface area contributed by atoms with Crippen molar-refractivity contribution in [3.8, 4) is 5.75 Å². The highest BCUT2D eigenvalue weighted by molar-refractivity contribution is 5.56. The largest absolute Gasteiger partial charge is 0.508 e. The van der Waals surface area contributed by atoms with E-state index < -0.39 is 0 Å². The van der Waals surface area contributed by atoms with E-state index in [0.717, 1.165) is 11.8 Å². The van der Waals surface area contributed by atoms with Gasteiger partial charge in [0.2, 0.25) is 0 Å². The number of phenolic OH excluding ortho intramolecular Hbond substituents is 1. The molecule has 0 amide bonds. The van der Waals surface area contributed by atoms with Crippen LogP contribution in [0.25, 0.3) is 5.57 Å². The van der Waals surface area contributed by atoms with Crippen molar-refractivity contribution in [2.24, 2.45) is 4.99 Å². The number of benzene rings is 1. The highest BCUT2D eigenvalue weighted by Gasteiger charge is 2.24. The summed E-state index contributed by atoms with van der Waals surface area (Å²) in [6.45, 7) is 0. The molecule has 0 bridgehead atoms. The first kappa shape index (κ1) is 7.13. The predicted molar refractivity (Wildman–Crippen MR) is 49.9 cm³/mol. The molecule has 0 spiro atoms. The first-order chi connectivity index (χ1) is 6.34. The van der Waals surface area contributed by atoms with Gasteiger partial charge in [-0.1, -0.05) is 0 Å². The van der Waals surface area contributed by atoms with E-state index in [1.165, 1.54) is 23.6 Å². The molecule has 1 heterocycles. The highest BCUT2D eigenvalue weighted by atomic mass is 16.3. The Bertz CT molecular complexity index is 475. The van der Waals surface area contributed by atoms with Crippen LogP contribution >= 0.6 is 0 Å². The minimum Gasteiger partial charge on any atom is -0.508 e. The number of fused-ring (bicyclic) bond motifs is 2. The molecule has 2 heteroatoms. The average molecular weight is 173 g/mol.